The van der Waals surface area contributed by atoms with Crippen molar-refractivity contribution in [3.05, 3.63) is 29.3 Å². The lowest BCUT2D eigenvalue weighted by Crippen LogP contribution is -2.49. The van der Waals surface area contributed by atoms with E-state index < -0.39 is 0 Å². The minimum atomic E-state index is -0.0307. The summed E-state index contributed by atoms with van der Waals surface area (Å²) in [7, 11) is 3.56. The van der Waals surface area contributed by atoms with Gasteiger partial charge in [0.25, 0.3) is 0 Å². The van der Waals surface area contributed by atoms with Crippen LogP contribution in [-0.4, -0.2) is 59.1 Å². The minimum absolute atomic E-state index is 0.0307. The number of aryl methyl sites for hydroxylation is 1. The number of nitrogens with one attached hydrogen (secondary N) is 2. The van der Waals surface area contributed by atoms with Gasteiger partial charge in [-0.3, -0.25) is 4.99 Å². The van der Waals surface area contributed by atoms with Crippen LogP contribution in [0.15, 0.2) is 23.2 Å². The second-order valence-corrected chi connectivity index (χ2v) is 7.54. The quantitative estimate of drug-likeness (QED) is 0.590. The molecule has 0 radical (unpaired) electrons. The van der Waals surface area contributed by atoms with Gasteiger partial charge in [-0.1, -0.05) is 17.7 Å². The van der Waals surface area contributed by atoms with Crippen molar-refractivity contribution in [2.75, 3.05) is 47.1 Å². The molecular formula is C21H33N3O3. The maximum Gasteiger partial charge on any atom is 0.191 e. The molecule has 1 aromatic carbocycles. The Morgan fingerprint density at radius 3 is 2.74 bits per heavy atom. The molecule has 2 saturated heterocycles. The van der Waals surface area contributed by atoms with E-state index in [1.165, 1.54) is 11.1 Å². The fourth-order valence-corrected chi connectivity index (χ4v) is 4.03. The lowest BCUT2D eigenvalue weighted by atomic mass is 9.73. The van der Waals surface area contributed by atoms with Gasteiger partial charge in [-0.25, -0.2) is 0 Å². The predicted octanol–water partition coefficient (Wildman–Crippen LogP) is 2.40. The lowest BCUT2D eigenvalue weighted by Gasteiger charge is -2.39. The smallest absolute Gasteiger partial charge is 0.191 e. The first kappa shape index (κ1) is 20.0. The zero-order valence-corrected chi connectivity index (χ0v) is 16.8. The monoisotopic (exact) mass is 375 g/mol. The SMILES string of the molecule is CN=C(NCC1CCCO1)NCC1(c2cc(C)ccc2OC)CCOCC1. The zero-order valence-electron chi connectivity index (χ0n) is 16.8. The van der Waals surface area contributed by atoms with E-state index in [0.29, 0.717) is 0 Å². The highest BCUT2D eigenvalue weighted by Crippen LogP contribution is 2.40. The second kappa shape index (κ2) is 9.42. The summed E-state index contributed by atoms with van der Waals surface area (Å²) < 4.78 is 17.1. The van der Waals surface area contributed by atoms with E-state index in [1.54, 1.807) is 7.11 Å². The van der Waals surface area contributed by atoms with E-state index in [0.717, 1.165) is 70.3 Å². The molecule has 1 atom stereocenters. The topological polar surface area (TPSA) is 64.1 Å². The third-order valence-electron chi connectivity index (χ3n) is 5.72. The highest BCUT2D eigenvalue weighted by molar-refractivity contribution is 5.79. The van der Waals surface area contributed by atoms with Crippen LogP contribution in [0.25, 0.3) is 0 Å². The Morgan fingerprint density at radius 2 is 2.07 bits per heavy atom. The third kappa shape index (κ3) is 4.93. The summed E-state index contributed by atoms with van der Waals surface area (Å²) in [6, 6.07) is 6.44. The van der Waals surface area contributed by atoms with Gasteiger partial charge in [-0.15, -0.1) is 0 Å². The Labute approximate surface area is 162 Å². The third-order valence-corrected chi connectivity index (χ3v) is 5.72. The maximum atomic E-state index is 5.70. The summed E-state index contributed by atoms with van der Waals surface area (Å²) in [5.41, 5.74) is 2.48. The van der Waals surface area contributed by atoms with Gasteiger partial charge in [-0.05, 0) is 38.7 Å². The highest BCUT2D eigenvalue weighted by atomic mass is 16.5. The van der Waals surface area contributed by atoms with Crippen LogP contribution in [0.2, 0.25) is 0 Å². The van der Waals surface area contributed by atoms with Gasteiger partial charge >= 0.3 is 0 Å². The van der Waals surface area contributed by atoms with Crippen molar-refractivity contribution < 1.29 is 14.2 Å². The molecule has 27 heavy (non-hydrogen) atoms. The molecule has 0 bridgehead atoms. The van der Waals surface area contributed by atoms with Crippen molar-refractivity contribution in [1.82, 2.24) is 10.6 Å². The van der Waals surface area contributed by atoms with E-state index in [-0.39, 0.29) is 11.5 Å². The van der Waals surface area contributed by atoms with Crippen LogP contribution in [-0.2, 0) is 14.9 Å². The lowest BCUT2D eigenvalue weighted by molar-refractivity contribution is 0.0505. The van der Waals surface area contributed by atoms with E-state index in [9.17, 15) is 0 Å². The van der Waals surface area contributed by atoms with Crippen LogP contribution in [0.4, 0.5) is 0 Å². The number of guanidine groups is 1. The Bertz CT molecular complexity index is 636. The number of ether oxygens (including phenoxy) is 3. The molecule has 2 aliphatic rings. The summed E-state index contributed by atoms with van der Waals surface area (Å²) in [6.45, 7) is 6.12. The van der Waals surface area contributed by atoms with Crippen molar-refractivity contribution in [2.45, 2.75) is 44.1 Å². The summed E-state index contributed by atoms with van der Waals surface area (Å²) in [5.74, 6) is 1.77. The number of aliphatic imine (C=N–C) groups is 1. The van der Waals surface area contributed by atoms with Crippen molar-refractivity contribution in [1.29, 1.82) is 0 Å². The predicted molar refractivity (Wildman–Crippen MR) is 108 cm³/mol. The van der Waals surface area contributed by atoms with Gasteiger partial charge in [0.1, 0.15) is 5.75 Å². The first-order valence-electron chi connectivity index (χ1n) is 9.96. The standard InChI is InChI=1S/C21H33N3O3/c1-16-6-7-19(25-3)18(13-16)21(8-11-26-12-9-21)15-24-20(22-2)23-14-17-5-4-10-27-17/h6-7,13,17H,4-5,8-12,14-15H2,1-3H3,(H2,22,23,24). The van der Waals surface area contributed by atoms with Crippen LogP contribution in [0.3, 0.4) is 0 Å². The average Bonchev–Trinajstić information content (AvgIpc) is 3.22. The Morgan fingerprint density at radius 1 is 1.26 bits per heavy atom. The van der Waals surface area contributed by atoms with E-state index in [2.05, 4.69) is 40.7 Å². The van der Waals surface area contributed by atoms with Gasteiger partial charge in [0.15, 0.2) is 5.96 Å². The molecule has 2 fully saturated rings. The Hall–Kier alpha value is -1.79. The normalized spacial score (nSPS) is 22.5. The van der Waals surface area contributed by atoms with Crippen LogP contribution < -0.4 is 15.4 Å². The van der Waals surface area contributed by atoms with E-state index in [4.69, 9.17) is 14.2 Å². The van der Waals surface area contributed by atoms with E-state index >= 15 is 0 Å². The van der Waals surface area contributed by atoms with Crippen LogP contribution in [0.1, 0.15) is 36.8 Å². The second-order valence-electron chi connectivity index (χ2n) is 7.54. The van der Waals surface area contributed by atoms with Gasteiger partial charge in [0, 0.05) is 50.9 Å². The Kier molecular flexibility index (Phi) is 6.96. The highest BCUT2D eigenvalue weighted by Gasteiger charge is 2.37. The molecule has 150 valence electrons. The largest absolute Gasteiger partial charge is 0.496 e. The minimum Gasteiger partial charge on any atom is -0.496 e. The molecular weight excluding hydrogens is 342 g/mol. The van der Waals surface area contributed by atoms with Gasteiger partial charge in [0.2, 0.25) is 0 Å². The molecule has 2 heterocycles. The van der Waals surface area contributed by atoms with Crippen molar-refractivity contribution in [3.8, 4) is 5.75 Å². The fraction of sp³-hybridized carbons (Fsp3) is 0.667. The molecule has 1 unspecified atom stereocenters. The molecule has 6 heteroatoms. The number of methoxy groups -OCH3 is 1. The van der Waals surface area contributed by atoms with Crippen LogP contribution in [0, 0.1) is 6.92 Å². The number of hydrogen-bond donors (Lipinski definition) is 2. The van der Waals surface area contributed by atoms with Crippen molar-refractivity contribution in [2.24, 2.45) is 4.99 Å². The average molecular weight is 376 g/mol. The molecule has 0 aromatic heterocycles. The number of nitrogens with zero attached hydrogens (tertiary/aromatic N) is 1. The summed E-state index contributed by atoms with van der Waals surface area (Å²) in [5, 5.41) is 6.96. The summed E-state index contributed by atoms with van der Waals surface area (Å²) >= 11 is 0. The molecule has 2 N–H and O–H groups in total. The number of rotatable bonds is 6. The molecule has 0 aliphatic carbocycles. The zero-order chi connectivity index (χ0) is 19.1. The summed E-state index contributed by atoms with van der Waals surface area (Å²) in [6.07, 6.45) is 4.48. The molecule has 1 aromatic rings. The van der Waals surface area contributed by atoms with Crippen molar-refractivity contribution >= 4 is 5.96 Å². The van der Waals surface area contributed by atoms with Crippen LogP contribution in [0.5, 0.6) is 5.75 Å². The van der Waals surface area contributed by atoms with E-state index in [1.807, 2.05) is 7.05 Å². The molecule has 0 amide bonds. The Balaban J connectivity index is 1.72. The number of hydrogen-bond acceptors (Lipinski definition) is 4. The van der Waals surface area contributed by atoms with Crippen molar-refractivity contribution in [3.63, 3.8) is 0 Å². The molecule has 0 spiro atoms. The molecule has 6 nitrogen and oxygen atoms in total. The molecule has 2 aliphatic heterocycles. The molecule has 0 saturated carbocycles. The first-order chi connectivity index (χ1) is 13.2. The van der Waals surface area contributed by atoms with Gasteiger partial charge in [0.05, 0.1) is 13.2 Å². The fourth-order valence-electron chi connectivity index (χ4n) is 4.03. The van der Waals surface area contributed by atoms with Crippen LogP contribution >= 0.6 is 0 Å². The summed E-state index contributed by atoms with van der Waals surface area (Å²) in [4.78, 5) is 4.39. The number of benzene rings is 1. The maximum absolute atomic E-state index is 5.70. The van der Waals surface area contributed by atoms with Gasteiger partial charge < -0.3 is 24.8 Å². The van der Waals surface area contributed by atoms with Gasteiger partial charge in [-0.2, -0.15) is 0 Å². The first-order valence-corrected chi connectivity index (χ1v) is 9.96. The molecule has 3 rings (SSSR count).